The Bertz CT molecular complexity index is 1760. The van der Waals surface area contributed by atoms with Crippen LogP contribution in [-0.4, -0.2) is 61.9 Å². The smallest absolute Gasteiger partial charge is 0.337 e. The highest BCUT2D eigenvalue weighted by Gasteiger charge is 2.16. The zero-order chi connectivity index (χ0) is 31.1. The van der Waals surface area contributed by atoms with Crippen LogP contribution < -0.4 is 0 Å². The van der Waals surface area contributed by atoms with E-state index in [0.717, 1.165) is 11.1 Å². The fourth-order valence-electron chi connectivity index (χ4n) is 4.45. The standard InChI is InChI=1S/2C16H13N3O3/c2*20-12-7-5-11(6-8-12)9-15-17-10-18-19(15)14-4-2-1-3-13(14)16(21)22/h2*1-8,10,20H,9H2,(H,21,22). The van der Waals surface area contributed by atoms with Gasteiger partial charge in [-0.1, -0.05) is 48.5 Å². The number of phenols is 2. The second kappa shape index (κ2) is 13.1. The Hall–Kier alpha value is -6.30. The van der Waals surface area contributed by atoms with Crippen LogP contribution in [0, 0.1) is 0 Å². The average Bonchev–Trinajstić information content (AvgIpc) is 3.69. The maximum atomic E-state index is 11.3. The monoisotopic (exact) mass is 590 g/mol. The van der Waals surface area contributed by atoms with E-state index in [1.807, 2.05) is 0 Å². The summed E-state index contributed by atoms with van der Waals surface area (Å²) >= 11 is 0. The van der Waals surface area contributed by atoms with Crippen molar-refractivity contribution in [2.24, 2.45) is 0 Å². The van der Waals surface area contributed by atoms with Crippen LogP contribution in [0.3, 0.4) is 0 Å². The van der Waals surface area contributed by atoms with Crippen molar-refractivity contribution in [3.8, 4) is 22.9 Å². The van der Waals surface area contributed by atoms with Crippen molar-refractivity contribution in [3.05, 3.63) is 144 Å². The van der Waals surface area contributed by atoms with Gasteiger partial charge < -0.3 is 20.4 Å². The van der Waals surface area contributed by atoms with Gasteiger partial charge in [0.15, 0.2) is 0 Å². The van der Waals surface area contributed by atoms with Crippen LogP contribution >= 0.6 is 0 Å². The fourth-order valence-corrected chi connectivity index (χ4v) is 4.45. The predicted molar refractivity (Wildman–Crippen MR) is 158 cm³/mol. The van der Waals surface area contributed by atoms with Crippen LogP contribution in [-0.2, 0) is 12.8 Å². The van der Waals surface area contributed by atoms with Crippen molar-refractivity contribution in [1.29, 1.82) is 0 Å². The molecule has 2 heterocycles. The molecule has 4 N–H and O–H groups in total. The molecule has 0 bridgehead atoms. The summed E-state index contributed by atoms with van der Waals surface area (Å²) in [5, 5.41) is 45.5. The van der Waals surface area contributed by atoms with Crippen LogP contribution in [0.15, 0.2) is 110 Å². The number of aromatic hydroxyl groups is 2. The lowest BCUT2D eigenvalue weighted by molar-refractivity contribution is 0.0685. The number of nitrogens with zero attached hydrogens (tertiary/aromatic N) is 6. The second-order valence-corrected chi connectivity index (χ2v) is 9.51. The Morgan fingerprint density at radius 2 is 0.909 bits per heavy atom. The molecule has 0 fully saturated rings. The van der Waals surface area contributed by atoms with Gasteiger partial charge >= 0.3 is 11.9 Å². The van der Waals surface area contributed by atoms with Gasteiger partial charge in [-0.2, -0.15) is 10.2 Å². The van der Waals surface area contributed by atoms with E-state index in [1.165, 1.54) is 34.2 Å². The second-order valence-electron chi connectivity index (χ2n) is 9.51. The minimum absolute atomic E-state index is 0.167. The van der Waals surface area contributed by atoms with Crippen LogP contribution in [0.4, 0.5) is 0 Å². The maximum absolute atomic E-state index is 11.3. The Labute approximate surface area is 250 Å². The molecule has 0 spiro atoms. The summed E-state index contributed by atoms with van der Waals surface area (Å²) in [6.45, 7) is 0. The number of rotatable bonds is 8. The molecule has 44 heavy (non-hydrogen) atoms. The summed E-state index contributed by atoms with van der Waals surface area (Å²) in [7, 11) is 0. The van der Waals surface area contributed by atoms with Crippen LogP contribution in [0.2, 0.25) is 0 Å². The quantitative estimate of drug-likeness (QED) is 0.197. The minimum atomic E-state index is -1.01. The summed E-state index contributed by atoms with van der Waals surface area (Å²) in [4.78, 5) is 31.1. The molecular formula is C32H26N6O6. The molecule has 12 nitrogen and oxygen atoms in total. The molecular weight excluding hydrogens is 564 g/mol. The number of phenolic OH excluding ortho intramolecular Hbond substituents is 2. The molecule has 0 radical (unpaired) electrons. The van der Waals surface area contributed by atoms with E-state index in [-0.39, 0.29) is 22.6 Å². The predicted octanol–water partition coefficient (Wildman–Crippen LogP) is 4.52. The highest BCUT2D eigenvalue weighted by molar-refractivity contribution is 5.92. The number of hydrogen-bond acceptors (Lipinski definition) is 8. The van der Waals surface area contributed by atoms with E-state index in [4.69, 9.17) is 0 Å². The molecule has 0 unspecified atom stereocenters. The number of hydrogen-bond donors (Lipinski definition) is 4. The summed E-state index contributed by atoms with van der Waals surface area (Å²) in [5.74, 6) is -0.384. The first-order chi connectivity index (χ1) is 21.3. The Morgan fingerprint density at radius 1 is 0.545 bits per heavy atom. The molecule has 0 aliphatic carbocycles. The van der Waals surface area contributed by atoms with Crippen LogP contribution in [0.1, 0.15) is 43.5 Å². The largest absolute Gasteiger partial charge is 0.508 e. The van der Waals surface area contributed by atoms with Crippen LogP contribution in [0.25, 0.3) is 11.4 Å². The minimum Gasteiger partial charge on any atom is -0.508 e. The molecule has 4 aromatic carbocycles. The van der Waals surface area contributed by atoms with Crippen molar-refractivity contribution in [2.75, 3.05) is 0 Å². The maximum Gasteiger partial charge on any atom is 0.337 e. The first-order valence-electron chi connectivity index (χ1n) is 13.3. The van der Waals surface area contributed by atoms with Crippen molar-refractivity contribution in [2.45, 2.75) is 12.8 Å². The highest BCUT2D eigenvalue weighted by atomic mass is 16.4. The molecule has 12 heteroatoms. The van der Waals surface area contributed by atoms with Gasteiger partial charge in [0.2, 0.25) is 0 Å². The van der Waals surface area contributed by atoms with Crippen LogP contribution in [0.5, 0.6) is 11.5 Å². The normalized spacial score (nSPS) is 10.5. The molecule has 0 aliphatic rings. The first kappa shape index (κ1) is 29.2. The number of carboxylic acid groups (broad SMARTS) is 2. The average molecular weight is 591 g/mol. The van der Waals surface area contributed by atoms with E-state index < -0.39 is 11.9 Å². The summed E-state index contributed by atoms with van der Waals surface area (Å²) < 4.78 is 3.05. The molecule has 0 amide bonds. The number of benzene rings is 4. The molecule has 220 valence electrons. The third-order valence-corrected chi connectivity index (χ3v) is 6.56. The highest BCUT2D eigenvalue weighted by Crippen LogP contribution is 2.20. The van der Waals surface area contributed by atoms with Crippen molar-refractivity contribution in [3.63, 3.8) is 0 Å². The van der Waals surface area contributed by atoms with Gasteiger partial charge in [0.1, 0.15) is 35.8 Å². The van der Waals surface area contributed by atoms with Crippen molar-refractivity contribution in [1.82, 2.24) is 29.5 Å². The zero-order valence-electron chi connectivity index (χ0n) is 23.1. The SMILES string of the molecule is O=C(O)c1ccccc1-n1ncnc1Cc1ccc(O)cc1.O=C(O)c1ccccc1-n1ncnc1Cc1ccc(O)cc1. The lowest BCUT2D eigenvalue weighted by Crippen LogP contribution is -2.09. The molecule has 2 aromatic heterocycles. The number of carboxylic acids is 2. The number of para-hydroxylation sites is 2. The van der Waals surface area contributed by atoms with E-state index in [0.29, 0.717) is 35.9 Å². The fraction of sp³-hybridized carbons (Fsp3) is 0.0625. The van der Waals surface area contributed by atoms with Gasteiger partial charge in [-0.3, -0.25) is 0 Å². The molecule has 6 rings (SSSR count). The van der Waals surface area contributed by atoms with Gasteiger partial charge in [-0.05, 0) is 59.7 Å². The third kappa shape index (κ3) is 6.77. The summed E-state index contributed by atoms with van der Waals surface area (Å²) in [6.07, 6.45) is 3.76. The molecule has 0 aliphatic heterocycles. The zero-order valence-corrected chi connectivity index (χ0v) is 23.1. The topological polar surface area (TPSA) is 176 Å². The summed E-state index contributed by atoms with van der Waals surface area (Å²) in [6, 6.07) is 26.9. The first-order valence-corrected chi connectivity index (χ1v) is 13.3. The molecule has 6 aromatic rings. The summed E-state index contributed by atoms with van der Waals surface area (Å²) in [5.41, 5.74) is 3.17. The van der Waals surface area contributed by atoms with E-state index in [1.54, 1.807) is 84.9 Å². The van der Waals surface area contributed by atoms with Crippen molar-refractivity contribution < 1.29 is 30.0 Å². The lowest BCUT2D eigenvalue weighted by Gasteiger charge is -2.09. The lowest BCUT2D eigenvalue weighted by atomic mass is 10.1. The van der Waals surface area contributed by atoms with E-state index in [2.05, 4.69) is 20.2 Å². The van der Waals surface area contributed by atoms with Gasteiger partial charge in [0, 0.05) is 12.8 Å². The van der Waals surface area contributed by atoms with Crippen molar-refractivity contribution >= 4 is 11.9 Å². The molecule has 0 saturated carbocycles. The molecule has 0 saturated heterocycles. The number of aromatic nitrogens is 6. The number of carbonyl (C=O) groups is 2. The van der Waals surface area contributed by atoms with Gasteiger partial charge in [0.05, 0.1) is 22.5 Å². The Kier molecular flexibility index (Phi) is 8.71. The Morgan fingerprint density at radius 3 is 1.27 bits per heavy atom. The Balaban J connectivity index is 0.000000175. The third-order valence-electron chi connectivity index (χ3n) is 6.56. The van der Waals surface area contributed by atoms with Gasteiger partial charge in [0.25, 0.3) is 0 Å². The van der Waals surface area contributed by atoms with E-state index >= 15 is 0 Å². The number of aromatic carboxylic acids is 2. The molecule has 0 atom stereocenters. The van der Waals surface area contributed by atoms with E-state index in [9.17, 15) is 30.0 Å². The van der Waals surface area contributed by atoms with Gasteiger partial charge in [-0.25, -0.2) is 28.9 Å². The van der Waals surface area contributed by atoms with Gasteiger partial charge in [-0.15, -0.1) is 0 Å².